The van der Waals surface area contributed by atoms with Gasteiger partial charge in [0.1, 0.15) is 0 Å². The number of hydrogen-bond acceptors (Lipinski definition) is 3. The lowest BCUT2D eigenvalue weighted by Gasteiger charge is -2.12. The van der Waals surface area contributed by atoms with E-state index in [1.165, 1.54) is 11.3 Å². The van der Waals surface area contributed by atoms with Crippen molar-refractivity contribution >= 4 is 17.3 Å². The van der Waals surface area contributed by atoms with Crippen molar-refractivity contribution < 1.29 is 0 Å². The van der Waals surface area contributed by atoms with Crippen molar-refractivity contribution in [1.82, 2.24) is 9.97 Å². The number of hydrogen-bond donors (Lipinski definition) is 0. The van der Waals surface area contributed by atoms with Gasteiger partial charge in [0, 0.05) is 31.4 Å². The molecule has 17 heavy (non-hydrogen) atoms. The molecule has 0 amide bonds. The van der Waals surface area contributed by atoms with Crippen molar-refractivity contribution in [2.75, 3.05) is 18.5 Å². The van der Waals surface area contributed by atoms with E-state index in [9.17, 15) is 0 Å². The maximum absolute atomic E-state index is 5.85. The Labute approximate surface area is 105 Å². The zero-order chi connectivity index (χ0) is 11.8. The van der Waals surface area contributed by atoms with Gasteiger partial charge in [0.2, 0.25) is 5.28 Å². The predicted molar refractivity (Wildman–Crippen MR) is 68.6 cm³/mol. The van der Waals surface area contributed by atoms with Crippen LogP contribution >= 0.6 is 11.6 Å². The number of fused-ring (bicyclic) bond motifs is 1. The first-order valence-electron chi connectivity index (χ1n) is 5.54. The van der Waals surface area contributed by atoms with E-state index in [0.29, 0.717) is 5.28 Å². The van der Waals surface area contributed by atoms with Gasteiger partial charge in [0.15, 0.2) is 0 Å². The van der Waals surface area contributed by atoms with E-state index in [2.05, 4.69) is 46.2 Å². The smallest absolute Gasteiger partial charge is 0.222 e. The summed E-state index contributed by atoms with van der Waals surface area (Å²) in [6, 6.07) is 10.3. The molecule has 2 heterocycles. The van der Waals surface area contributed by atoms with Crippen molar-refractivity contribution in [1.29, 1.82) is 0 Å². The van der Waals surface area contributed by atoms with Gasteiger partial charge in [-0.15, -0.1) is 0 Å². The van der Waals surface area contributed by atoms with E-state index in [0.717, 1.165) is 12.2 Å². The SMILES string of the molecule is CN1CC(c2ccnc(Cl)n2)c2ccccc21. The maximum Gasteiger partial charge on any atom is 0.222 e. The molecule has 0 fully saturated rings. The van der Waals surface area contributed by atoms with E-state index in [1.807, 2.05) is 6.07 Å². The maximum atomic E-state index is 5.85. The number of benzene rings is 1. The van der Waals surface area contributed by atoms with Gasteiger partial charge in [-0.25, -0.2) is 9.97 Å². The summed E-state index contributed by atoms with van der Waals surface area (Å²) in [5.41, 5.74) is 3.57. The summed E-state index contributed by atoms with van der Waals surface area (Å²) in [5, 5.41) is 0.314. The van der Waals surface area contributed by atoms with Crippen LogP contribution in [0.15, 0.2) is 36.5 Å². The Morgan fingerprint density at radius 1 is 1.29 bits per heavy atom. The topological polar surface area (TPSA) is 29.0 Å². The molecule has 4 heteroatoms. The molecular formula is C13H12ClN3. The van der Waals surface area contributed by atoms with Gasteiger partial charge in [0.25, 0.3) is 0 Å². The number of nitrogens with zero attached hydrogens (tertiary/aromatic N) is 3. The molecule has 1 aliphatic rings. The highest BCUT2D eigenvalue weighted by Crippen LogP contribution is 2.38. The first kappa shape index (κ1) is 10.5. The highest BCUT2D eigenvalue weighted by molar-refractivity contribution is 6.28. The van der Waals surface area contributed by atoms with Gasteiger partial charge in [0.05, 0.1) is 5.69 Å². The molecule has 86 valence electrons. The monoisotopic (exact) mass is 245 g/mol. The van der Waals surface area contributed by atoms with E-state index in [1.54, 1.807) is 6.20 Å². The van der Waals surface area contributed by atoms with E-state index in [4.69, 9.17) is 11.6 Å². The molecule has 1 atom stereocenters. The third-order valence-electron chi connectivity index (χ3n) is 3.18. The van der Waals surface area contributed by atoms with Crippen LogP contribution in [0.2, 0.25) is 5.28 Å². The summed E-state index contributed by atoms with van der Waals surface area (Å²) < 4.78 is 0. The summed E-state index contributed by atoms with van der Waals surface area (Å²) in [7, 11) is 2.10. The van der Waals surface area contributed by atoms with Crippen LogP contribution in [0.25, 0.3) is 0 Å². The minimum absolute atomic E-state index is 0.289. The van der Waals surface area contributed by atoms with E-state index < -0.39 is 0 Å². The van der Waals surface area contributed by atoms with Crippen molar-refractivity contribution in [3.63, 3.8) is 0 Å². The highest BCUT2D eigenvalue weighted by atomic mass is 35.5. The van der Waals surface area contributed by atoms with Crippen LogP contribution in [0.5, 0.6) is 0 Å². The Bertz CT molecular complexity index is 556. The average Bonchev–Trinajstić information content (AvgIpc) is 2.68. The van der Waals surface area contributed by atoms with Crippen LogP contribution < -0.4 is 4.90 Å². The molecule has 1 unspecified atom stereocenters. The molecule has 0 radical (unpaired) electrons. The second-order valence-electron chi connectivity index (χ2n) is 4.24. The summed E-state index contributed by atoms with van der Waals surface area (Å²) >= 11 is 5.85. The van der Waals surface area contributed by atoms with Crippen molar-refractivity contribution in [3.8, 4) is 0 Å². The molecule has 0 spiro atoms. The molecule has 0 aliphatic carbocycles. The fourth-order valence-corrected chi connectivity index (χ4v) is 2.55. The standard InChI is InChI=1S/C13H12ClN3/c1-17-8-10(9-4-2-3-5-12(9)17)11-6-7-15-13(14)16-11/h2-7,10H,8H2,1H3. The third kappa shape index (κ3) is 1.76. The molecule has 2 aromatic rings. The number of para-hydroxylation sites is 1. The fraction of sp³-hybridized carbons (Fsp3) is 0.231. The molecule has 1 aromatic heterocycles. The van der Waals surface area contributed by atoms with Gasteiger partial charge in [-0.1, -0.05) is 18.2 Å². The van der Waals surface area contributed by atoms with Gasteiger partial charge in [-0.3, -0.25) is 0 Å². The van der Waals surface area contributed by atoms with Crippen LogP contribution in [0.4, 0.5) is 5.69 Å². The fourth-order valence-electron chi connectivity index (χ4n) is 2.40. The molecule has 0 saturated carbocycles. The van der Waals surface area contributed by atoms with Gasteiger partial charge in [-0.2, -0.15) is 0 Å². The highest BCUT2D eigenvalue weighted by Gasteiger charge is 2.28. The lowest BCUT2D eigenvalue weighted by Crippen LogP contribution is -2.16. The Balaban J connectivity index is 2.07. The number of halogens is 1. The molecule has 0 saturated heterocycles. The number of likely N-dealkylation sites (N-methyl/N-ethyl adjacent to an activating group) is 1. The molecular weight excluding hydrogens is 234 g/mol. The number of aromatic nitrogens is 2. The quantitative estimate of drug-likeness (QED) is 0.724. The van der Waals surface area contributed by atoms with Crippen LogP contribution in [-0.2, 0) is 0 Å². The van der Waals surface area contributed by atoms with Crippen molar-refractivity contribution in [2.24, 2.45) is 0 Å². The van der Waals surface area contributed by atoms with Gasteiger partial charge >= 0.3 is 0 Å². The normalized spacial score (nSPS) is 18.2. The summed E-state index contributed by atoms with van der Waals surface area (Å²) in [6.45, 7) is 0.937. The lowest BCUT2D eigenvalue weighted by molar-refractivity contribution is 0.801. The Morgan fingerprint density at radius 3 is 2.94 bits per heavy atom. The van der Waals surface area contributed by atoms with Gasteiger partial charge in [-0.05, 0) is 29.3 Å². The Kier molecular flexibility index (Phi) is 2.48. The van der Waals surface area contributed by atoms with Crippen molar-refractivity contribution in [2.45, 2.75) is 5.92 Å². The van der Waals surface area contributed by atoms with E-state index >= 15 is 0 Å². The second-order valence-corrected chi connectivity index (χ2v) is 4.58. The average molecular weight is 246 g/mol. The minimum atomic E-state index is 0.289. The molecule has 3 rings (SSSR count). The molecule has 0 N–H and O–H groups in total. The minimum Gasteiger partial charge on any atom is -0.373 e. The molecule has 1 aliphatic heterocycles. The summed E-state index contributed by atoms with van der Waals surface area (Å²) in [4.78, 5) is 10.5. The largest absolute Gasteiger partial charge is 0.373 e. The Morgan fingerprint density at radius 2 is 2.12 bits per heavy atom. The van der Waals surface area contributed by atoms with Crippen LogP contribution in [-0.4, -0.2) is 23.6 Å². The predicted octanol–water partition coefficient (Wildman–Crippen LogP) is 2.71. The zero-order valence-electron chi connectivity index (χ0n) is 9.47. The third-order valence-corrected chi connectivity index (χ3v) is 3.37. The van der Waals surface area contributed by atoms with Crippen LogP contribution in [0, 0.1) is 0 Å². The Hall–Kier alpha value is -1.61. The number of rotatable bonds is 1. The summed E-state index contributed by atoms with van der Waals surface area (Å²) in [5.74, 6) is 0.289. The zero-order valence-corrected chi connectivity index (χ0v) is 10.2. The first-order chi connectivity index (χ1) is 8.25. The number of anilines is 1. The molecule has 3 nitrogen and oxygen atoms in total. The molecule has 0 bridgehead atoms. The lowest BCUT2D eigenvalue weighted by atomic mass is 9.98. The van der Waals surface area contributed by atoms with Crippen LogP contribution in [0.3, 0.4) is 0 Å². The van der Waals surface area contributed by atoms with E-state index in [-0.39, 0.29) is 5.92 Å². The van der Waals surface area contributed by atoms with Crippen LogP contribution in [0.1, 0.15) is 17.2 Å². The first-order valence-corrected chi connectivity index (χ1v) is 5.92. The van der Waals surface area contributed by atoms with Crippen molar-refractivity contribution in [3.05, 3.63) is 53.1 Å². The second kappa shape index (κ2) is 4.00. The summed E-state index contributed by atoms with van der Waals surface area (Å²) in [6.07, 6.45) is 1.71. The van der Waals surface area contributed by atoms with Gasteiger partial charge < -0.3 is 4.90 Å². The molecule has 1 aromatic carbocycles.